The average Bonchev–Trinajstić information content (AvgIpc) is 2.42. The van der Waals surface area contributed by atoms with E-state index in [4.69, 9.17) is 5.73 Å². The maximum absolute atomic E-state index is 11.8. The highest BCUT2D eigenvalue weighted by Crippen LogP contribution is 2.47. The fourth-order valence-electron chi connectivity index (χ4n) is 4.21. The molecule has 4 aliphatic rings. The summed E-state index contributed by atoms with van der Waals surface area (Å²) in [5.41, 5.74) is 5.49. The van der Waals surface area contributed by atoms with Gasteiger partial charge in [-0.1, -0.05) is 0 Å². The van der Waals surface area contributed by atoms with Crippen LogP contribution in [0.5, 0.6) is 0 Å². The van der Waals surface area contributed by atoms with Crippen LogP contribution in [0.4, 0.5) is 0 Å². The van der Waals surface area contributed by atoms with Crippen molar-refractivity contribution in [1.29, 1.82) is 0 Å². The molecule has 2 aliphatic carbocycles. The van der Waals surface area contributed by atoms with Gasteiger partial charge >= 0.3 is 0 Å². The summed E-state index contributed by atoms with van der Waals surface area (Å²) in [6, 6.07) is 0.525. The van der Waals surface area contributed by atoms with Gasteiger partial charge in [0.05, 0.1) is 6.54 Å². The highest BCUT2D eigenvalue weighted by atomic mass is 16.2. The molecule has 1 amide bonds. The van der Waals surface area contributed by atoms with Gasteiger partial charge in [-0.05, 0) is 49.9 Å². The van der Waals surface area contributed by atoms with Crippen molar-refractivity contribution in [2.45, 2.75) is 38.1 Å². The maximum atomic E-state index is 11.8. The Labute approximate surface area is 91.0 Å². The van der Waals surface area contributed by atoms with Crippen LogP contribution in [-0.4, -0.2) is 29.9 Å². The third-order valence-corrected chi connectivity index (χ3v) is 4.60. The predicted octanol–water partition coefficient (Wildman–Crippen LogP) is 0.982. The lowest BCUT2D eigenvalue weighted by atomic mass is 9.68. The van der Waals surface area contributed by atoms with Crippen molar-refractivity contribution >= 4 is 5.91 Å². The van der Waals surface area contributed by atoms with Crippen molar-refractivity contribution < 1.29 is 4.79 Å². The lowest BCUT2D eigenvalue weighted by Crippen LogP contribution is -2.44. The molecule has 2 saturated carbocycles. The predicted molar refractivity (Wildman–Crippen MR) is 58.1 cm³/mol. The van der Waals surface area contributed by atoms with E-state index in [-0.39, 0.29) is 12.5 Å². The molecule has 4 fully saturated rings. The summed E-state index contributed by atoms with van der Waals surface area (Å²) in [5.74, 6) is 2.76. The molecule has 0 radical (unpaired) electrons. The Balaban J connectivity index is 1.85. The molecule has 0 aromatic carbocycles. The summed E-state index contributed by atoms with van der Waals surface area (Å²) in [4.78, 5) is 13.9. The number of nitrogens with two attached hydrogens (primary N) is 1. The fourth-order valence-corrected chi connectivity index (χ4v) is 4.21. The number of hydrogen-bond acceptors (Lipinski definition) is 2. The van der Waals surface area contributed by atoms with E-state index in [1.54, 1.807) is 0 Å². The van der Waals surface area contributed by atoms with E-state index in [9.17, 15) is 4.79 Å². The monoisotopic (exact) mass is 208 g/mol. The molecule has 3 nitrogen and oxygen atoms in total. The molecule has 2 saturated heterocycles. The van der Waals surface area contributed by atoms with E-state index in [1.807, 2.05) is 0 Å². The van der Waals surface area contributed by atoms with Crippen molar-refractivity contribution in [2.75, 3.05) is 13.1 Å². The van der Waals surface area contributed by atoms with Crippen LogP contribution in [0.15, 0.2) is 0 Å². The van der Waals surface area contributed by atoms with E-state index < -0.39 is 0 Å². The van der Waals surface area contributed by atoms with Gasteiger partial charge in [-0.2, -0.15) is 0 Å². The molecule has 15 heavy (non-hydrogen) atoms. The van der Waals surface area contributed by atoms with Crippen LogP contribution in [0, 0.1) is 17.8 Å². The number of carbonyl (C=O) groups is 1. The highest BCUT2D eigenvalue weighted by Gasteiger charge is 2.43. The first-order chi connectivity index (χ1) is 7.26. The molecule has 2 heterocycles. The number of hydrogen-bond donors (Lipinski definition) is 1. The van der Waals surface area contributed by atoms with Crippen LogP contribution in [0.25, 0.3) is 0 Å². The molecular weight excluding hydrogens is 188 g/mol. The van der Waals surface area contributed by atoms with Crippen LogP contribution in [0.1, 0.15) is 32.1 Å². The topological polar surface area (TPSA) is 46.3 Å². The summed E-state index contributed by atoms with van der Waals surface area (Å²) in [6.07, 6.45) is 6.65. The Morgan fingerprint density at radius 2 is 1.67 bits per heavy atom. The van der Waals surface area contributed by atoms with Gasteiger partial charge in [0.2, 0.25) is 5.91 Å². The first-order valence-corrected chi connectivity index (χ1v) is 6.25. The summed E-state index contributed by atoms with van der Waals surface area (Å²) in [6.45, 7) is 1.19. The van der Waals surface area contributed by atoms with Gasteiger partial charge in [-0.15, -0.1) is 0 Å². The lowest BCUT2D eigenvalue weighted by molar-refractivity contribution is -0.132. The number of rotatable bonds is 1. The van der Waals surface area contributed by atoms with E-state index in [1.165, 1.54) is 32.1 Å². The fraction of sp³-hybridized carbons (Fsp3) is 0.917. The summed E-state index contributed by atoms with van der Waals surface area (Å²) in [5, 5.41) is 0. The lowest BCUT2D eigenvalue weighted by Gasteiger charge is -2.38. The largest absolute Gasteiger partial charge is 0.338 e. The Kier molecular flexibility index (Phi) is 2.23. The average molecular weight is 208 g/mol. The van der Waals surface area contributed by atoms with Crippen LogP contribution >= 0.6 is 0 Å². The van der Waals surface area contributed by atoms with Gasteiger partial charge in [-0.3, -0.25) is 4.79 Å². The van der Waals surface area contributed by atoms with Crippen molar-refractivity contribution in [2.24, 2.45) is 23.5 Å². The summed E-state index contributed by atoms with van der Waals surface area (Å²) >= 11 is 0. The minimum Gasteiger partial charge on any atom is -0.338 e. The smallest absolute Gasteiger partial charge is 0.236 e. The van der Waals surface area contributed by atoms with Crippen molar-refractivity contribution in [3.63, 3.8) is 0 Å². The van der Waals surface area contributed by atoms with E-state index in [0.29, 0.717) is 6.04 Å². The minimum atomic E-state index is 0.174. The second kappa shape index (κ2) is 3.48. The van der Waals surface area contributed by atoms with E-state index >= 15 is 0 Å². The zero-order chi connectivity index (χ0) is 10.4. The molecule has 3 heteroatoms. The molecule has 0 aromatic rings. The van der Waals surface area contributed by atoms with E-state index in [2.05, 4.69) is 4.90 Å². The van der Waals surface area contributed by atoms with Crippen LogP contribution in [0.3, 0.4) is 0 Å². The van der Waals surface area contributed by atoms with Gasteiger partial charge in [0.25, 0.3) is 0 Å². The second-order valence-corrected chi connectivity index (χ2v) is 5.68. The number of nitrogens with zero attached hydrogens (tertiary/aromatic N) is 1. The number of fused-ring (bicyclic) bond motifs is 1. The first-order valence-electron chi connectivity index (χ1n) is 6.25. The van der Waals surface area contributed by atoms with E-state index in [0.717, 1.165) is 24.3 Å². The maximum Gasteiger partial charge on any atom is 0.236 e. The van der Waals surface area contributed by atoms with Crippen LogP contribution in [-0.2, 0) is 4.79 Å². The second-order valence-electron chi connectivity index (χ2n) is 5.68. The minimum absolute atomic E-state index is 0.174. The van der Waals surface area contributed by atoms with Crippen LogP contribution in [0.2, 0.25) is 0 Å². The zero-order valence-corrected chi connectivity index (χ0v) is 9.19. The summed E-state index contributed by atoms with van der Waals surface area (Å²) < 4.78 is 0. The molecule has 84 valence electrons. The Morgan fingerprint density at radius 1 is 1.07 bits per heavy atom. The van der Waals surface area contributed by atoms with Gasteiger partial charge in [-0.25, -0.2) is 0 Å². The quantitative estimate of drug-likeness (QED) is 0.698. The highest BCUT2D eigenvalue weighted by molar-refractivity contribution is 5.78. The van der Waals surface area contributed by atoms with Crippen LogP contribution < -0.4 is 5.73 Å². The van der Waals surface area contributed by atoms with Gasteiger partial charge < -0.3 is 10.6 Å². The SMILES string of the molecule is NCC(=O)N1CC2CC3CC(C2)CC1C3. The zero-order valence-electron chi connectivity index (χ0n) is 9.19. The van der Waals surface area contributed by atoms with Crippen molar-refractivity contribution in [3.8, 4) is 0 Å². The molecule has 0 spiro atoms. The molecule has 2 atom stereocenters. The number of carbonyl (C=O) groups excluding carboxylic acids is 1. The Morgan fingerprint density at radius 3 is 2.27 bits per heavy atom. The molecule has 2 N–H and O–H groups in total. The molecule has 0 aromatic heterocycles. The molecule has 2 aliphatic heterocycles. The van der Waals surface area contributed by atoms with Crippen molar-refractivity contribution in [3.05, 3.63) is 0 Å². The molecule has 4 bridgehead atoms. The summed E-state index contributed by atoms with van der Waals surface area (Å²) in [7, 11) is 0. The Hall–Kier alpha value is -0.570. The first kappa shape index (κ1) is 9.64. The Bertz CT molecular complexity index is 265. The van der Waals surface area contributed by atoms with Crippen molar-refractivity contribution in [1.82, 2.24) is 4.90 Å². The standard InChI is InChI=1S/C12H20N2O/c13-6-12(15)14-7-10-2-8-1-9(3-10)5-11(14)4-8/h8-11H,1-7,13H2. The molecule has 2 unspecified atom stereocenters. The number of amides is 1. The third-order valence-electron chi connectivity index (χ3n) is 4.60. The van der Waals surface area contributed by atoms with Gasteiger partial charge in [0.15, 0.2) is 0 Å². The molecular formula is C12H20N2O. The third kappa shape index (κ3) is 1.57. The van der Waals surface area contributed by atoms with Gasteiger partial charge in [0, 0.05) is 12.6 Å². The van der Waals surface area contributed by atoms with Gasteiger partial charge in [0.1, 0.15) is 0 Å². The molecule has 4 rings (SSSR count). The normalized spacial score (nSPS) is 43.1.